The molecule has 0 heterocycles. The summed E-state index contributed by atoms with van der Waals surface area (Å²) in [5.74, 6) is 6.48. The molecule has 0 saturated heterocycles. The number of nitrogens with one attached hydrogen (secondary N) is 1. The zero-order valence-electron chi connectivity index (χ0n) is 11.6. The molecule has 1 aromatic carbocycles. The molecule has 102 valence electrons. The van der Waals surface area contributed by atoms with Gasteiger partial charge in [0.25, 0.3) is 0 Å². The van der Waals surface area contributed by atoms with Gasteiger partial charge in [-0.05, 0) is 44.9 Å². The molecule has 18 heavy (non-hydrogen) atoms. The summed E-state index contributed by atoms with van der Waals surface area (Å²) in [6.45, 7) is 6.05. The zero-order valence-corrected chi connectivity index (χ0v) is 11.6. The van der Waals surface area contributed by atoms with Crippen molar-refractivity contribution in [3.05, 3.63) is 29.8 Å². The molecule has 0 fully saturated rings. The van der Waals surface area contributed by atoms with Crippen LogP contribution in [0, 0.1) is 0 Å². The second-order valence-corrected chi connectivity index (χ2v) is 4.74. The second kappa shape index (κ2) is 7.36. The molecule has 0 aliphatic carbocycles. The number of ether oxygens (including phenoxy) is 2. The molecule has 0 spiro atoms. The van der Waals surface area contributed by atoms with Crippen LogP contribution < -0.4 is 16.0 Å². The highest BCUT2D eigenvalue weighted by molar-refractivity contribution is 5.30. The average Bonchev–Trinajstić information content (AvgIpc) is 2.35. The van der Waals surface area contributed by atoms with Gasteiger partial charge in [-0.2, -0.15) is 0 Å². The van der Waals surface area contributed by atoms with Gasteiger partial charge in [0, 0.05) is 13.2 Å². The second-order valence-electron chi connectivity index (χ2n) is 4.74. The fourth-order valence-electron chi connectivity index (χ4n) is 1.81. The van der Waals surface area contributed by atoms with Crippen LogP contribution in [0.5, 0.6) is 5.75 Å². The van der Waals surface area contributed by atoms with E-state index in [1.807, 2.05) is 45.0 Å². The van der Waals surface area contributed by atoms with Gasteiger partial charge in [-0.15, -0.1) is 0 Å². The van der Waals surface area contributed by atoms with Gasteiger partial charge in [-0.25, -0.2) is 0 Å². The van der Waals surface area contributed by atoms with Gasteiger partial charge in [0.1, 0.15) is 5.75 Å². The Morgan fingerprint density at radius 2 is 2.00 bits per heavy atom. The lowest BCUT2D eigenvalue weighted by Gasteiger charge is -2.20. The van der Waals surface area contributed by atoms with Gasteiger partial charge < -0.3 is 9.47 Å². The number of hydrogen-bond acceptors (Lipinski definition) is 4. The molecule has 1 aromatic rings. The average molecular weight is 252 g/mol. The molecule has 2 unspecified atom stereocenters. The lowest BCUT2D eigenvalue weighted by Crippen LogP contribution is -2.30. The summed E-state index contributed by atoms with van der Waals surface area (Å²) in [6, 6.07) is 8.06. The van der Waals surface area contributed by atoms with E-state index in [-0.39, 0.29) is 18.2 Å². The Morgan fingerprint density at radius 3 is 2.56 bits per heavy atom. The van der Waals surface area contributed by atoms with Crippen molar-refractivity contribution in [2.24, 2.45) is 5.84 Å². The molecule has 0 radical (unpaired) electrons. The first-order chi connectivity index (χ1) is 8.56. The van der Waals surface area contributed by atoms with Crippen LogP contribution >= 0.6 is 0 Å². The van der Waals surface area contributed by atoms with Crippen molar-refractivity contribution in [1.82, 2.24) is 5.43 Å². The van der Waals surface area contributed by atoms with E-state index in [4.69, 9.17) is 15.3 Å². The van der Waals surface area contributed by atoms with Gasteiger partial charge in [0.05, 0.1) is 12.2 Å². The van der Waals surface area contributed by atoms with E-state index in [1.165, 1.54) is 0 Å². The van der Waals surface area contributed by atoms with Crippen LogP contribution in [-0.2, 0) is 4.74 Å². The third kappa shape index (κ3) is 4.64. The third-order valence-electron chi connectivity index (χ3n) is 2.80. The van der Waals surface area contributed by atoms with Crippen molar-refractivity contribution in [2.75, 3.05) is 7.11 Å². The van der Waals surface area contributed by atoms with Crippen LogP contribution in [0.15, 0.2) is 24.3 Å². The van der Waals surface area contributed by atoms with Crippen molar-refractivity contribution in [3.63, 3.8) is 0 Å². The van der Waals surface area contributed by atoms with Gasteiger partial charge in [-0.3, -0.25) is 11.3 Å². The fraction of sp³-hybridized carbons (Fsp3) is 0.571. The van der Waals surface area contributed by atoms with Gasteiger partial charge in [-0.1, -0.05) is 12.1 Å². The quantitative estimate of drug-likeness (QED) is 0.578. The minimum Gasteiger partial charge on any atom is -0.491 e. The smallest absolute Gasteiger partial charge is 0.120 e. The number of benzene rings is 1. The first-order valence-corrected chi connectivity index (χ1v) is 6.32. The summed E-state index contributed by atoms with van der Waals surface area (Å²) in [4.78, 5) is 0. The largest absolute Gasteiger partial charge is 0.491 e. The summed E-state index contributed by atoms with van der Waals surface area (Å²) in [7, 11) is 1.70. The Balaban J connectivity index is 2.79. The molecule has 2 atom stereocenters. The molecule has 4 heteroatoms. The van der Waals surface area contributed by atoms with Crippen molar-refractivity contribution < 1.29 is 9.47 Å². The molecule has 0 aliphatic heterocycles. The predicted molar refractivity (Wildman–Crippen MR) is 73.4 cm³/mol. The van der Waals surface area contributed by atoms with Crippen LogP contribution in [0.4, 0.5) is 0 Å². The van der Waals surface area contributed by atoms with Crippen LogP contribution in [0.1, 0.15) is 38.8 Å². The highest BCUT2D eigenvalue weighted by atomic mass is 16.5. The SMILES string of the molecule is COC(C)CC(NN)c1cccc(OC(C)C)c1. The standard InChI is InChI=1S/C14H24N2O2/c1-10(2)18-13-7-5-6-12(9-13)14(16-15)8-11(3)17-4/h5-7,9-11,14,16H,8,15H2,1-4H3. The number of methoxy groups -OCH3 is 1. The van der Waals surface area contributed by atoms with Crippen LogP contribution in [-0.4, -0.2) is 19.3 Å². The van der Waals surface area contributed by atoms with E-state index >= 15 is 0 Å². The third-order valence-corrected chi connectivity index (χ3v) is 2.80. The number of hydrogen-bond donors (Lipinski definition) is 2. The lowest BCUT2D eigenvalue weighted by atomic mass is 10.0. The van der Waals surface area contributed by atoms with Crippen molar-refractivity contribution in [3.8, 4) is 5.75 Å². The molecule has 3 N–H and O–H groups in total. The predicted octanol–water partition coefficient (Wildman–Crippen LogP) is 2.40. The van der Waals surface area contributed by atoms with E-state index in [1.54, 1.807) is 7.11 Å². The highest BCUT2D eigenvalue weighted by Gasteiger charge is 2.14. The minimum absolute atomic E-state index is 0.0654. The van der Waals surface area contributed by atoms with Crippen LogP contribution in [0.3, 0.4) is 0 Å². The number of nitrogens with two attached hydrogens (primary N) is 1. The van der Waals surface area contributed by atoms with Gasteiger partial charge in [0.2, 0.25) is 0 Å². The summed E-state index contributed by atoms with van der Waals surface area (Å²) < 4.78 is 11.0. The zero-order chi connectivity index (χ0) is 13.5. The summed E-state index contributed by atoms with van der Waals surface area (Å²) in [6.07, 6.45) is 1.14. The molecule has 0 aliphatic rings. The Hall–Kier alpha value is -1.10. The fourth-order valence-corrected chi connectivity index (χ4v) is 1.81. The van der Waals surface area contributed by atoms with Crippen LogP contribution in [0.25, 0.3) is 0 Å². The molecule has 1 rings (SSSR count). The maximum Gasteiger partial charge on any atom is 0.120 e. The number of hydrazine groups is 1. The Morgan fingerprint density at radius 1 is 1.28 bits per heavy atom. The van der Waals surface area contributed by atoms with Crippen molar-refractivity contribution >= 4 is 0 Å². The maximum absolute atomic E-state index is 5.68. The van der Waals surface area contributed by atoms with E-state index < -0.39 is 0 Å². The molecular formula is C14H24N2O2. The van der Waals surface area contributed by atoms with E-state index in [0.717, 1.165) is 17.7 Å². The monoisotopic (exact) mass is 252 g/mol. The summed E-state index contributed by atoms with van der Waals surface area (Å²) in [5.41, 5.74) is 3.94. The van der Waals surface area contributed by atoms with Crippen molar-refractivity contribution in [2.45, 2.75) is 45.4 Å². The first-order valence-electron chi connectivity index (χ1n) is 6.32. The Kier molecular flexibility index (Phi) is 6.12. The highest BCUT2D eigenvalue weighted by Crippen LogP contribution is 2.23. The summed E-state index contributed by atoms with van der Waals surface area (Å²) in [5, 5.41) is 0. The summed E-state index contributed by atoms with van der Waals surface area (Å²) >= 11 is 0. The normalized spacial score (nSPS) is 14.6. The van der Waals surface area contributed by atoms with E-state index in [2.05, 4.69) is 5.43 Å². The molecule has 0 amide bonds. The Labute approximate surface area is 109 Å². The lowest BCUT2D eigenvalue weighted by molar-refractivity contribution is 0.100. The molecule has 4 nitrogen and oxygen atoms in total. The topological polar surface area (TPSA) is 56.5 Å². The van der Waals surface area contributed by atoms with Crippen molar-refractivity contribution in [1.29, 1.82) is 0 Å². The Bertz CT molecular complexity index is 355. The van der Waals surface area contributed by atoms with Crippen LogP contribution in [0.2, 0.25) is 0 Å². The molecule has 0 saturated carbocycles. The molecular weight excluding hydrogens is 228 g/mol. The van der Waals surface area contributed by atoms with Gasteiger partial charge >= 0.3 is 0 Å². The maximum atomic E-state index is 5.68. The van der Waals surface area contributed by atoms with E-state index in [0.29, 0.717) is 0 Å². The molecule has 0 aromatic heterocycles. The number of rotatable bonds is 7. The first kappa shape index (κ1) is 15.0. The minimum atomic E-state index is 0.0654. The molecule has 0 bridgehead atoms. The van der Waals surface area contributed by atoms with Gasteiger partial charge in [0.15, 0.2) is 0 Å². The van der Waals surface area contributed by atoms with E-state index in [9.17, 15) is 0 Å².